The Hall–Kier alpha value is -3.52. The van der Waals surface area contributed by atoms with E-state index in [1.165, 1.54) is 7.11 Å². The van der Waals surface area contributed by atoms with Crippen LogP contribution in [-0.4, -0.2) is 89.5 Å². The minimum Gasteiger partial charge on any atom is -0.488 e. The second kappa shape index (κ2) is 13.7. The number of nitrogens with zero attached hydrogens (tertiary/aromatic N) is 2. The summed E-state index contributed by atoms with van der Waals surface area (Å²) >= 11 is 0. The van der Waals surface area contributed by atoms with Crippen molar-refractivity contribution in [2.45, 2.75) is 84.3 Å². The Balaban J connectivity index is 1.31. The first-order valence-electron chi connectivity index (χ1n) is 16.9. The van der Waals surface area contributed by atoms with E-state index >= 15 is 0 Å². The second-order valence-electron chi connectivity index (χ2n) is 14.7. The summed E-state index contributed by atoms with van der Waals surface area (Å²) in [6, 6.07) is 13.6. The van der Waals surface area contributed by atoms with Gasteiger partial charge in [0.05, 0.1) is 40.9 Å². The molecular weight excluding hydrogens is 623 g/mol. The van der Waals surface area contributed by atoms with Crippen molar-refractivity contribution in [1.29, 1.82) is 0 Å². The molecule has 1 radical (unpaired) electrons. The van der Waals surface area contributed by atoms with Crippen molar-refractivity contribution < 1.29 is 33.9 Å². The fraction of sp³-hybridized carbons (Fsp3) is 0.514. The summed E-state index contributed by atoms with van der Waals surface area (Å²) in [5, 5.41) is 25.5. The average Bonchev–Trinajstić information content (AvgIpc) is 3.69. The van der Waals surface area contributed by atoms with Gasteiger partial charge in [0.1, 0.15) is 18.2 Å². The van der Waals surface area contributed by atoms with E-state index in [2.05, 4.69) is 40.6 Å². The average molecular weight is 672 g/mol. The van der Waals surface area contributed by atoms with E-state index in [0.29, 0.717) is 32.0 Å². The number of likely N-dealkylation sites (tertiary alicyclic amines) is 1. The number of carbonyl (C=O) groups excluding carboxylic acids is 1. The molecule has 2 aliphatic rings. The Bertz CT molecular complexity index is 1840. The predicted octanol–water partition coefficient (Wildman–Crippen LogP) is 4.16. The number of amides is 1. The maximum Gasteiger partial charge on any atom is 0.330 e. The highest BCUT2D eigenvalue weighted by Crippen LogP contribution is 2.42. The largest absolute Gasteiger partial charge is 0.488 e. The maximum atomic E-state index is 14.0. The Kier molecular flexibility index (Phi) is 9.84. The van der Waals surface area contributed by atoms with E-state index in [-0.39, 0.29) is 23.8 Å². The molecule has 2 aliphatic heterocycles. The zero-order valence-corrected chi connectivity index (χ0v) is 29.7. The standard InChI is InChI=1S/C37H48BN4O7/c1-20(2)31(41-35(44)47-8)34(43)42-17-21(18-46-7)13-29(42)33-39-28-12-9-22-15-27-25-11-10-24(38-49-37(5,6)36(3,4)45)14-23(25)19-48-30(27)16-26(22)32(28)40-33/h9-12,14-16,20-21,29,31,35,41,44-45H,13,17-19H2,1-8H3,(H,39,40). The summed E-state index contributed by atoms with van der Waals surface area (Å²) < 4.78 is 22.8. The van der Waals surface area contributed by atoms with Gasteiger partial charge in [0.25, 0.3) is 0 Å². The summed E-state index contributed by atoms with van der Waals surface area (Å²) in [7, 11) is 4.76. The zero-order chi connectivity index (χ0) is 35.2. The monoisotopic (exact) mass is 671 g/mol. The van der Waals surface area contributed by atoms with E-state index in [9.17, 15) is 15.0 Å². The van der Waals surface area contributed by atoms with E-state index in [0.717, 1.165) is 49.7 Å². The van der Waals surface area contributed by atoms with Crippen LogP contribution < -0.4 is 15.5 Å². The number of hydrogen-bond acceptors (Lipinski definition) is 9. The molecule has 1 aromatic heterocycles. The Morgan fingerprint density at radius 2 is 1.92 bits per heavy atom. The summed E-state index contributed by atoms with van der Waals surface area (Å²) in [6.07, 6.45) is -0.555. The van der Waals surface area contributed by atoms with Crippen LogP contribution in [-0.2, 0) is 25.5 Å². The molecule has 4 unspecified atom stereocenters. The van der Waals surface area contributed by atoms with Crippen LogP contribution in [0.25, 0.3) is 32.9 Å². The van der Waals surface area contributed by atoms with E-state index in [4.69, 9.17) is 23.8 Å². The number of aromatic amines is 1. The minimum absolute atomic E-state index is 0.0841. The lowest BCUT2D eigenvalue weighted by atomic mass is 9.80. The van der Waals surface area contributed by atoms with Gasteiger partial charge in [0, 0.05) is 37.6 Å². The molecule has 3 aromatic carbocycles. The fourth-order valence-electron chi connectivity index (χ4n) is 6.65. The highest BCUT2D eigenvalue weighted by molar-refractivity contribution is 6.47. The van der Waals surface area contributed by atoms with Crippen LogP contribution in [0.15, 0.2) is 42.5 Å². The van der Waals surface area contributed by atoms with E-state index in [1.807, 2.05) is 44.7 Å². The molecular formula is C37H48BN4O7. The van der Waals surface area contributed by atoms with Gasteiger partial charge in [-0.3, -0.25) is 10.1 Å². The lowest BCUT2D eigenvalue weighted by Crippen LogP contribution is -2.53. The van der Waals surface area contributed by atoms with Crippen LogP contribution >= 0.6 is 0 Å². The SMILES string of the molecule is COCC1CC(c2nc3c(ccc4cc5c(cc43)OCc3cc([B]OC(C)(C)C(C)(C)O)ccc3-5)[nH]2)N(C(=O)C(NC(O)OC)C(C)C)C1. The lowest BCUT2D eigenvalue weighted by molar-refractivity contribution is -0.145. The first-order chi connectivity index (χ1) is 23.2. The van der Waals surface area contributed by atoms with Crippen molar-refractivity contribution >= 4 is 40.7 Å². The molecule has 12 heteroatoms. The number of rotatable bonds is 12. The van der Waals surface area contributed by atoms with Crippen LogP contribution in [0.2, 0.25) is 0 Å². The third kappa shape index (κ3) is 6.95. The normalized spacial score (nSPS) is 19.2. The summed E-state index contributed by atoms with van der Waals surface area (Å²) in [4.78, 5) is 24.5. The summed E-state index contributed by atoms with van der Waals surface area (Å²) in [5.41, 5.74) is 3.98. The first-order valence-corrected chi connectivity index (χ1v) is 16.9. The van der Waals surface area contributed by atoms with Crippen LogP contribution in [0, 0.1) is 11.8 Å². The van der Waals surface area contributed by atoms with Crippen LogP contribution in [0.1, 0.15) is 65.4 Å². The molecule has 1 fully saturated rings. The number of nitrogens with one attached hydrogen (secondary N) is 2. The zero-order valence-electron chi connectivity index (χ0n) is 29.7. The number of H-pyrrole nitrogens is 1. The van der Waals surface area contributed by atoms with E-state index in [1.54, 1.807) is 28.4 Å². The number of benzene rings is 3. The quantitative estimate of drug-likeness (QED) is 0.129. The molecule has 0 saturated carbocycles. The minimum atomic E-state index is -1.25. The van der Waals surface area contributed by atoms with Crippen molar-refractivity contribution in [3.05, 3.63) is 53.9 Å². The number of imidazole rings is 1. The third-order valence-electron chi connectivity index (χ3n) is 10.2. The molecule has 4 aromatic rings. The number of ether oxygens (including phenoxy) is 3. The van der Waals surface area contributed by atoms with Crippen molar-refractivity contribution in [2.24, 2.45) is 11.8 Å². The summed E-state index contributed by atoms with van der Waals surface area (Å²) in [5.74, 6) is 1.44. The highest BCUT2D eigenvalue weighted by atomic mass is 16.6. The Labute approximate surface area is 288 Å². The number of aromatic nitrogens is 2. The first kappa shape index (κ1) is 35.3. The maximum absolute atomic E-state index is 14.0. The molecule has 0 spiro atoms. The van der Waals surface area contributed by atoms with Crippen LogP contribution in [0.3, 0.4) is 0 Å². The molecule has 3 heterocycles. The predicted molar refractivity (Wildman–Crippen MR) is 189 cm³/mol. The van der Waals surface area contributed by atoms with Gasteiger partial charge in [-0.25, -0.2) is 4.98 Å². The van der Waals surface area contributed by atoms with Gasteiger partial charge in [-0.05, 0) is 74.7 Å². The molecule has 1 saturated heterocycles. The third-order valence-corrected chi connectivity index (χ3v) is 10.2. The number of fused-ring (bicyclic) bond motifs is 6. The molecule has 6 rings (SSSR count). The molecule has 0 bridgehead atoms. The highest BCUT2D eigenvalue weighted by Gasteiger charge is 2.41. The topological polar surface area (TPSA) is 138 Å². The van der Waals surface area contributed by atoms with Gasteiger partial charge in [-0.1, -0.05) is 43.6 Å². The van der Waals surface area contributed by atoms with Gasteiger partial charge < -0.3 is 39.0 Å². The number of hydrogen-bond donors (Lipinski definition) is 4. The lowest BCUT2D eigenvalue weighted by Gasteiger charge is -2.37. The second-order valence-corrected chi connectivity index (χ2v) is 14.7. The number of methoxy groups -OCH3 is 2. The van der Waals surface area contributed by atoms with Crippen molar-refractivity contribution in [3.8, 4) is 16.9 Å². The molecule has 0 aliphatic carbocycles. The van der Waals surface area contributed by atoms with Gasteiger partial charge in [0.15, 0.2) is 0 Å². The van der Waals surface area contributed by atoms with Crippen LogP contribution in [0.4, 0.5) is 0 Å². The van der Waals surface area contributed by atoms with Gasteiger partial charge in [0.2, 0.25) is 12.3 Å². The fourth-order valence-corrected chi connectivity index (χ4v) is 6.65. The van der Waals surface area contributed by atoms with Crippen molar-refractivity contribution in [3.63, 3.8) is 0 Å². The Morgan fingerprint density at radius 3 is 2.61 bits per heavy atom. The van der Waals surface area contributed by atoms with Gasteiger partial charge in [-0.15, -0.1) is 0 Å². The summed E-state index contributed by atoms with van der Waals surface area (Å²) in [6.45, 7) is 12.5. The molecule has 4 atom stereocenters. The molecule has 4 N–H and O–H groups in total. The smallest absolute Gasteiger partial charge is 0.330 e. The van der Waals surface area contributed by atoms with Crippen LogP contribution in [0.5, 0.6) is 5.75 Å². The number of carbonyl (C=O) groups is 1. The van der Waals surface area contributed by atoms with E-state index < -0.39 is 23.7 Å². The molecule has 11 nitrogen and oxygen atoms in total. The Morgan fingerprint density at radius 1 is 1.14 bits per heavy atom. The van der Waals surface area contributed by atoms with Crippen molar-refractivity contribution in [2.75, 3.05) is 27.4 Å². The molecule has 1 amide bonds. The van der Waals surface area contributed by atoms with Gasteiger partial charge >= 0.3 is 7.48 Å². The number of aliphatic hydroxyl groups excluding tert-OH is 1. The molecule has 49 heavy (non-hydrogen) atoms. The number of aliphatic hydroxyl groups is 2. The van der Waals surface area contributed by atoms with Crippen molar-refractivity contribution in [1.82, 2.24) is 20.2 Å². The van der Waals surface area contributed by atoms with Gasteiger partial charge in [-0.2, -0.15) is 0 Å². The molecule has 261 valence electrons.